The third kappa shape index (κ3) is 5.90. The monoisotopic (exact) mass is 546 g/mol. The third-order valence-corrected chi connectivity index (χ3v) is 8.23. The number of piperidine rings is 1. The van der Waals surface area contributed by atoms with Crippen LogP contribution in [0.5, 0.6) is 0 Å². The van der Waals surface area contributed by atoms with E-state index in [9.17, 15) is 9.59 Å². The van der Waals surface area contributed by atoms with E-state index in [2.05, 4.69) is 22.2 Å². The van der Waals surface area contributed by atoms with Crippen LogP contribution in [0.1, 0.15) is 45.9 Å². The molecule has 2 unspecified atom stereocenters. The quantitative estimate of drug-likeness (QED) is 0.480. The number of aryl methyl sites for hydroxylation is 1. The van der Waals surface area contributed by atoms with Gasteiger partial charge in [0.05, 0.1) is 42.5 Å². The van der Waals surface area contributed by atoms with Crippen molar-refractivity contribution >= 4 is 40.7 Å². The molecule has 5 rings (SSSR count). The van der Waals surface area contributed by atoms with Gasteiger partial charge in [-0.15, -0.1) is 16.4 Å². The number of nitrogens with one attached hydrogen (secondary N) is 1. The predicted octanol–water partition coefficient (Wildman–Crippen LogP) is 3.48. The summed E-state index contributed by atoms with van der Waals surface area (Å²) in [6, 6.07) is 3.78. The Morgan fingerprint density at radius 2 is 2.03 bits per heavy atom. The van der Waals surface area contributed by atoms with Crippen LogP contribution >= 0.6 is 22.9 Å². The lowest BCUT2D eigenvalue weighted by molar-refractivity contribution is -0.135. The Hall–Kier alpha value is -2.73. The number of hydrogen-bond donors (Lipinski definition) is 1. The fourth-order valence-electron chi connectivity index (χ4n) is 4.85. The van der Waals surface area contributed by atoms with E-state index < -0.39 is 0 Å². The van der Waals surface area contributed by atoms with Crippen LogP contribution in [0.25, 0.3) is 0 Å². The number of carbonyl (C=O) groups is 2. The standard InChI is InChI=1S/C25H31ClN6O4S/c1-16-12-31(22(33)13-30-7-9-35-10-8-30)6-5-19(16)23-28-25(27-11-18-3-4-21(26)37-18)32(29-23)24(34)20-15-36-14-17(20)2/h3-4,14-16,19H,5-13H2,1-2H3,(H,27,28,29). The molecule has 2 saturated heterocycles. The molecule has 0 aliphatic carbocycles. The summed E-state index contributed by atoms with van der Waals surface area (Å²) in [5, 5.41) is 7.93. The van der Waals surface area contributed by atoms with E-state index in [-0.39, 0.29) is 23.7 Å². The second-order valence-electron chi connectivity index (χ2n) is 9.64. The van der Waals surface area contributed by atoms with Gasteiger partial charge in [0.25, 0.3) is 5.91 Å². The molecule has 0 saturated carbocycles. The Morgan fingerprint density at radius 1 is 1.22 bits per heavy atom. The highest BCUT2D eigenvalue weighted by molar-refractivity contribution is 7.16. The van der Waals surface area contributed by atoms with Gasteiger partial charge >= 0.3 is 0 Å². The fourth-order valence-corrected chi connectivity index (χ4v) is 5.88. The van der Waals surface area contributed by atoms with E-state index in [4.69, 9.17) is 25.7 Å². The lowest BCUT2D eigenvalue weighted by Gasteiger charge is -2.37. The highest BCUT2D eigenvalue weighted by Crippen LogP contribution is 2.32. The second-order valence-corrected chi connectivity index (χ2v) is 11.4. The van der Waals surface area contributed by atoms with Crippen LogP contribution in [0.3, 0.4) is 0 Å². The third-order valence-electron chi connectivity index (χ3n) is 7.00. The highest BCUT2D eigenvalue weighted by atomic mass is 35.5. The number of nitrogens with zero attached hydrogens (tertiary/aromatic N) is 5. The van der Waals surface area contributed by atoms with Crippen LogP contribution in [-0.4, -0.2) is 82.3 Å². The van der Waals surface area contributed by atoms with Crippen molar-refractivity contribution in [3.8, 4) is 0 Å². The van der Waals surface area contributed by atoms with Gasteiger partial charge in [-0.1, -0.05) is 18.5 Å². The minimum Gasteiger partial charge on any atom is -0.471 e. The van der Waals surface area contributed by atoms with Crippen LogP contribution in [0.4, 0.5) is 5.95 Å². The summed E-state index contributed by atoms with van der Waals surface area (Å²) in [4.78, 5) is 36.1. The van der Waals surface area contributed by atoms with Crippen molar-refractivity contribution in [1.29, 1.82) is 0 Å². The average molecular weight is 547 g/mol. The van der Waals surface area contributed by atoms with Crippen molar-refractivity contribution < 1.29 is 18.7 Å². The van der Waals surface area contributed by atoms with E-state index in [1.807, 2.05) is 24.0 Å². The van der Waals surface area contributed by atoms with E-state index >= 15 is 0 Å². The topological polar surface area (TPSA) is 106 Å². The number of likely N-dealkylation sites (tertiary alicyclic amines) is 1. The van der Waals surface area contributed by atoms with Crippen LogP contribution in [0.2, 0.25) is 4.34 Å². The van der Waals surface area contributed by atoms with Gasteiger partial charge < -0.3 is 19.4 Å². The van der Waals surface area contributed by atoms with Gasteiger partial charge in [-0.3, -0.25) is 14.5 Å². The SMILES string of the molecule is Cc1cocc1C(=O)n1nc(C2CCN(C(=O)CN3CCOCC3)CC2C)nc1NCc1ccc(Cl)s1. The summed E-state index contributed by atoms with van der Waals surface area (Å²) in [6.45, 7) is 9.02. The molecule has 0 aromatic carbocycles. The van der Waals surface area contributed by atoms with Crippen LogP contribution in [0.15, 0.2) is 29.1 Å². The van der Waals surface area contributed by atoms with Crippen molar-refractivity contribution in [3.63, 3.8) is 0 Å². The first-order valence-electron chi connectivity index (χ1n) is 12.5. The van der Waals surface area contributed by atoms with Gasteiger partial charge in [0.1, 0.15) is 6.26 Å². The predicted molar refractivity (Wildman–Crippen MR) is 140 cm³/mol. The molecule has 2 fully saturated rings. The zero-order valence-electron chi connectivity index (χ0n) is 21.0. The number of rotatable bonds is 7. The molecule has 2 atom stereocenters. The summed E-state index contributed by atoms with van der Waals surface area (Å²) in [7, 11) is 0. The Kier molecular flexibility index (Phi) is 7.94. The number of anilines is 1. The van der Waals surface area contributed by atoms with E-state index in [0.29, 0.717) is 61.1 Å². The molecule has 0 radical (unpaired) electrons. The largest absolute Gasteiger partial charge is 0.471 e. The zero-order chi connectivity index (χ0) is 25.9. The molecule has 198 valence electrons. The lowest BCUT2D eigenvalue weighted by Crippen LogP contribution is -2.48. The molecule has 3 aromatic heterocycles. The van der Waals surface area contributed by atoms with Crippen molar-refractivity contribution in [1.82, 2.24) is 24.6 Å². The molecular weight excluding hydrogens is 516 g/mol. The first kappa shape index (κ1) is 25.9. The van der Waals surface area contributed by atoms with Crippen molar-refractivity contribution in [2.24, 2.45) is 5.92 Å². The van der Waals surface area contributed by atoms with E-state index in [0.717, 1.165) is 30.0 Å². The Morgan fingerprint density at radius 3 is 2.70 bits per heavy atom. The minimum absolute atomic E-state index is 0.0312. The number of furan rings is 1. The molecule has 3 aromatic rings. The average Bonchev–Trinajstić information content (AvgIpc) is 3.62. The summed E-state index contributed by atoms with van der Waals surface area (Å²) >= 11 is 7.55. The van der Waals surface area contributed by atoms with E-state index in [1.54, 1.807) is 0 Å². The molecule has 12 heteroatoms. The number of amides is 1. The zero-order valence-corrected chi connectivity index (χ0v) is 22.6. The number of thiophene rings is 1. The highest BCUT2D eigenvalue weighted by Gasteiger charge is 2.34. The smallest absolute Gasteiger partial charge is 0.284 e. The van der Waals surface area contributed by atoms with Gasteiger partial charge in [-0.25, -0.2) is 0 Å². The lowest BCUT2D eigenvalue weighted by atomic mass is 9.86. The number of morpholine rings is 1. The molecule has 2 aliphatic heterocycles. The Bertz CT molecular complexity index is 1250. The van der Waals surface area contributed by atoms with Crippen LogP contribution < -0.4 is 5.32 Å². The Balaban J connectivity index is 1.31. The molecular formula is C25H31ClN6O4S. The number of hydrogen-bond acceptors (Lipinski definition) is 9. The molecule has 0 bridgehead atoms. The maximum absolute atomic E-state index is 13.3. The molecule has 2 aliphatic rings. The van der Waals surface area contributed by atoms with Gasteiger partial charge in [0, 0.05) is 42.5 Å². The van der Waals surface area contributed by atoms with Crippen LogP contribution in [-0.2, 0) is 16.1 Å². The Labute approximate surface area is 224 Å². The number of carbonyl (C=O) groups excluding carboxylic acids is 2. The van der Waals surface area contributed by atoms with Gasteiger partial charge in [0.2, 0.25) is 11.9 Å². The molecule has 5 heterocycles. The second kappa shape index (κ2) is 11.3. The first-order valence-corrected chi connectivity index (χ1v) is 13.7. The summed E-state index contributed by atoms with van der Waals surface area (Å²) < 4.78 is 12.6. The van der Waals surface area contributed by atoms with Crippen molar-refractivity contribution in [3.05, 3.63) is 50.8 Å². The van der Waals surface area contributed by atoms with Gasteiger partial charge in [-0.2, -0.15) is 9.67 Å². The van der Waals surface area contributed by atoms with Crippen LogP contribution in [0, 0.1) is 12.8 Å². The van der Waals surface area contributed by atoms with Gasteiger partial charge in [0.15, 0.2) is 5.82 Å². The first-order chi connectivity index (χ1) is 17.9. The normalized spacial score (nSPS) is 20.8. The molecule has 0 spiro atoms. The maximum atomic E-state index is 13.3. The fraction of sp³-hybridized carbons (Fsp3) is 0.520. The molecule has 1 amide bonds. The number of aromatic nitrogens is 3. The molecule has 1 N–H and O–H groups in total. The number of halogens is 1. The molecule has 10 nitrogen and oxygen atoms in total. The summed E-state index contributed by atoms with van der Waals surface area (Å²) in [5.41, 5.74) is 1.17. The van der Waals surface area contributed by atoms with Crippen molar-refractivity contribution in [2.45, 2.75) is 32.7 Å². The van der Waals surface area contributed by atoms with Gasteiger partial charge in [-0.05, 0) is 31.4 Å². The minimum atomic E-state index is -0.303. The molecule has 37 heavy (non-hydrogen) atoms. The summed E-state index contributed by atoms with van der Waals surface area (Å²) in [6.07, 6.45) is 3.71. The van der Waals surface area contributed by atoms with E-state index in [1.165, 1.54) is 28.5 Å². The summed E-state index contributed by atoms with van der Waals surface area (Å²) in [5.74, 6) is 1.00. The maximum Gasteiger partial charge on any atom is 0.284 e. The number of ether oxygens (including phenoxy) is 1. The van der Waals surface area contributed by atoms with Crippen molar-refractivity contribution in [2.75, 3.05) is 51.3 Å².